The van der Waals surface area contributed by atoms with Crippen molar-refractivity contribution >= 4 is 17.0 Å². The summed E-state index contributed by atoms with van der Waals surface area (Å²) in [5.74, 6) is 0. The van der Waals surface area contributed by atoms with Crippen molar-refractivity contribution in [3.63, 3.8) is 0 Å². The number of hydrogen-bond acceptors (Lipinski definition) is 2. The molecule has 7 heteroatoms. The van der Waals surface area contributed by atoms with Crippen molar-refractivity contribution in [2.75, 3.05) is 0 Å². The van der Waals surface area contributed by atoms with Crippen LogP contribution in [0.5, 0.6) is 0 Å². The van der Waals surface area contributed by atoms with Crippen molar-refractivity contribution in [1.29, 1.82) is 0 Å². The van der Waals surface area contributed by atoms with Crippen LogP contribution in [0.25, 0.3) is 15.4 Å². The average Bonchev–Trinajstić information content (AvgIpc) is 2.80. The molecule has 86 valence electrons. The standard InChI is InChI=1S/C11H4F3N2S.Li/c1-15-9-3-2-7(10-16-4-5-17-10)6-8(9)11(12,13)14;/h2-4,6H;/q-1;+1. The third-order valence-corrected chi connectivity index (χ3v) is 2.82. The Labute approximate surface area is 117 Å². The van der Waals surface area contributed by atoms with Crippen LogP contribution >= 0.6 is 11.3 Å². The van der Waals surface area contributed by atoms with Gasteiger partial charge in [0.15, 0.2) is 5.69 Å². The van der Waals surface area contributed by atoms with E-state index >= 15 is 0 Å². The van der Waals surface area contributed by atoms with Crippen LogP contribution in [0.1, 0.15) is 5.56 Å². The van der Waals surface area contributed by atoms with E-state index in [0.717, 1.165) is 23.5 Å². The third kappa shape index (κ3) is 2.94. The number of alkyl halides is 3. The van der Waals surface area contributed by atoms with Crippen LogP contribution in [0.15, 0.2) is 24.4 Å². The van der Waals surface area contributed by atoms with Crippen molar-refractivity contribution in [1.82, 2.24) is 4.98 Å². The van der Waals surface area contributed by atoms with Gasteiger partial charge in [0.25, 0.3) is 0 Å². The Balaban J connectivity index is 0.00000162. The number of hydrogen-bond donors (Lipinski definition) is 0. The van der Waals surface area contributed by atoms with E-state index in [0.29, 0.717) is 10.6 Å². The molecule has 1 aromatic carbocycles. The summed E-state index contributed by atoms with van der Waals surface area (Å²) in [5, 5.41) is 3.15. The third-order valence-electron chi connectivity index (χ3n) is 2.06. The van der Waals surface area contributed by atoms with Gasteiger partial charge in [0.1, 0.15) is 0 Å². The van der Waals surface area contributed by atoms with Crippen molar-refractivity contribution in [3.8, 4) is 10.6 Å². The quantitative estimate of drug-likeness (QED) is 0.556. The first kappa shape index (κ1) is 14.8. The van der Waals surface area contributed by atoms with Gasteiger partial charge in [-0.15, -0.1) is 0 Å². The number of halogens is 3. The zero-order valence-electron chi connectivity index (χ0n) is 9.25. The molecule has 0 aliphatic carbocycles. The second-order valence-corrected chi connectivity index (χ2v) is 3.95. The van der Waals surface area contributed by atoms with Gasteiger partial charge in [-0.1, -0.05) is 30.0 Å². The SMILES string of the molecule is [C-]#[N+]c1ccc(-c2nc[c-]s2)cc1C(F)(F)F.[Li+]. The molecular formula is C11H4F3LiN2S. The number of aromatic nitrogens is 1. The summed E-state index contributed by atoms with van der Waals surface area (Å²) in [4.78, 5) is 6.75. The smallest absolute Gasteiger partial charge is 0.360 e. The summed E-state index contributed by atoms with van der Waals surface area (Å²) in [6.07, 6.45) is -3.13. The summed E-state index contributed by atoms with van der Waals surface area (Å²) in [6, 6.07) is 3.56. The fourth-order valence-electron chi connectivity index (χ4n) is 1.32. The van der Waals surface area contributed by atoms with Crippen LogP contribution in [0.3, 0.4) is 0 Å². The normalized spacial score (nSPS) is 10.6. The van der Waals surface area contributed by atoms with Crippen LogP contribution < -0.4 is 18.9 Å². The predicted octanol–water partition coefficient (Wildman–Crippen LogP) is 1.18. The molecule has 0 unspecified atom stereocenters. The maximum Gasteiger partial charge on any atom is 1.00 e. The molecular weight excluding hydrogens is 256 g/mol. The Bertz CT molecular complexity index is 573. The van der Waals surface area contributed by atoms with Gasteiger partial charge in [0.05, 0.1) is 12.1 Å². The van der Waals surface area contributed by atoms with Crippen molar-refractivity contribution < 1.29 is 32.0 Å². The van der Waals surface area contributed by atoms with E-state index in [1.165, 1.54) is 12.3 Å². The molecule has 2 rings (SSSR count). The Kier molecular flexibility index (Phi) is 4.58. The Morgan fingerprint density at radius 2 is 2.06 bits per heavy atom. The van der Waals surface area contributed by atoms with Gasteiger partial charge in [0.2, 0.25) is 0 Å². The van der Waals surface area contributed by atoms with Crippen molar-refractivity contribution in [3.05, 3.63) is 46.8 Å². The summed E-state index contributed by atoms with van der Waals surface area (Å²) in [5.41, 5.74) is -0.988. The monoisotopic (exact) mass is 260 g/mol. The first-order chi connectivity index (χ1) is 8.02. The molecule has 1 aromatic heterocycles. The molecule has 18 heavy (non-hydrogen) atoms. The molecule has 0 bridgehead atoms. The van der Waals surface area contributed by atoms with E-state index < -0.39 is 17.4 Å². The maximum atomic E-state index is 12.7. The van der Waals surface area contributed by atoms with Crippen molar-refractivity contribution in [2.24, 2.45) is 0 Å². The van der Waals surface area contributed by atoms with E-state index in [1.54, 1.807) is 0 Å². The van der Waals surface area contributed by atoms with Gasteiger partial charge >= 0.3 is 25.0 Å². The molecule has 0 spiro atoms. The number of benzene rings is 1. The fraction of sp³-hybridized carbons (Fsp3) is 0.0909. The van der Waals surface area contributed by atoms with Gasteiger partial charge in [-0.25, -0.2) is 4.85 Å². The van der Waals surface area contributed by atoms with Crippen LogP contribution in [0.2, 0.25) is 0 Å². The Hall–Kier alpha value is -1.27. The van der Waals surface area contributed by atoms with Crippen LogP contribution in [-0.2, 0) is 6.18 Å². The minimum atomic E-state index is -4.53. The molecule has 0 atom stereocenters. The van der Waals surface area contributed by atoms with Gasteiger partial charge < -0.3 is 16.3 Å². The van der Waals surface area contributed by atoms with E-state index in [1.807, 2.05) is 0 Å². The molecule has 0 amide bonds. The molecule has 0 radical (unpaired) electrons. The molecule has 0 saturated heterocycles. The molecule has 0 saturated carbocycles. The molecule has 0 aliphatic heterocycles. The molecule has 0 fully saturated rings. The average molecular weight is 260 g/mol. The molecule has 1 heterocycles. The van der Waals surface area contributed by atoms with E-state index in [2.05, 4.69) is 15.2 Å². The van der Waals surface area contributed by atoms with E-state index in [9.17, 15) is 13.2 Å². The van der Waals surface area contributed by atoms with Crippen molar-refractivity contribution in [2.45, 2.75) is 6.18 Å². The Morgan fingerprint density at radius 1 is 1.33 bits per heavy atom. The predicted molar refractivity (Wildman–Crippen MR) is 57.7 cm³/mol. The van der Waals surface area contributed by atoms with Gasteiger partial charge in [0, 0.05) is 0 Å². The Morgan fingerprint density at radius 3 is 2.56 bits per heavy atom. The number of rotatable bonds is 1. The maximum absolute atomic E-state index is 12.7. The van der Waals surface area contributed by atoms with Crippen LogP contribution in [0, 0.1) is 12.0 Å². The minimum absolute atomic E-state index is 0. The summed E-state index contributed by atoms with van der Waals surface area (Å²) < 4.78 is 38.1. The first-order valence-electron chi connectivity index (χ1n) is 4.43. The summed E-state index contributed by atoms with van der Waals surface area (Å²) in [6.45, 7) is 6.72. The zero-order chi connectivity index (χ0) is 12.5. The van der Waals surface area contributed by atoms with Gasteiger partial charge in [-0.3, -0.25) is 0 Å². The minimum Gasteiger partial charge on any atom is -0.360 e. The number of nitrogens with zero attached hydrogens (tertiary/aromatic N) is 2. The molecule has 2 nitrogen and oxygen atoms in total. The second kappa shape index (κ2) is 5.58. The van der Waals surface area contributed by atoms with E-state index in [-0.39, 0.29) is 18.9 Å². The summed E-state index contributed by atoms with van der Waals surface area (Å²) >= 11 is 1.13. The zero-order valence-corrected chi connectivity index (χ0v) is 10.1. The van der Waals surface area contributed by atoms with Gasteiger partial charge in [-0.05, 0) is 5.01 Å². The van der Waals surface area contributed by atoms with E-state index in [4.69, 9.17) is 6.57 Å². The number of thiazole rings is 1. The first-order valence-corrected chi connectivity index (χ1v) is 5.25. The second-order valence-electron chi connectivity index (χ2n) is 3.12. The van der Waals surface area contributed by atoms with Crippen LogP contribution in [0.4, 0.5) is 18.9 Å². The summed E-state index contributed by atoms with van der Waals surface area (Å²) in [7, 11) is 0. The fourth-order valence-corrected chi connectivity index (χ4v) is 1.89. The molecule has 0 aliphatic rings. The topological polar surface area (TPSA) is 17.2 Å². The van der Waals surface area contributed by atoms with Crippen LogP contribution in [-0.4, -0.2) is 4.98 Å². The molecule has 0 N–H and O–H groups in total. The largest absolute Gasteiger partial charge is 1.00 e. The van der Waals surface area contributed by atoms with Gasteiger partial charge in [-0.2, -0.15) is 18.6 Å². The molecule has 2 aromatic rings.